The molecule has 0 saturated carbocycles. The number of carbonyl (C=O) groups excluding carboxylic acids is 1. The van der Waals surface area contributed by atoms with Gasteiger partial charge in [-0.2, -0.15) is 23.4 Å². The summed E-state index contributed by atoms with van der Waals surface area (Å²) >= 11 is 6.32. The van der Waals surface area contributed by atoms with Gasteiger partial charge in [0.25, 0.3) is 5.91 Å². The second kappa shape index (κ2) is 8.98. The highest BCUT2D eigenvalue weighted by molar-refractivity contribution is 6.36. The van der Waals surface area contributed by atoms with Gasteiger partial charge in [-0.1, -0.05) is 23.7 Å². The Kier molecular flexibility index (Phi) is 6.22. The van der Waals surface area contributed by atoms with Gasteiger partial charge in [0, 0.05) is 29.9 Å². The van der Waals surface area contributed by atoms with Crippen LogP contribution in [-0.4, -0.2) is 37.4 Å². The first-order valence-electron chi connectivity index (χ1n) is 10.2. The Morgan fingerprint density at radius 1 is 1.26 bits per heavy atom. The minimum absolute atomic E-state index is 0.00934. The van der Waals surface area contributed by atoms with E-state index >= 15 is 0 Å². The lowest BCUT2D eigenvalue weighted by molar-refractivity contribution is -0.142. The zero-order valence-electron chi connectivity index (χ0n) is 18.4. The number of aryl methyl sites for hydroxylation is 1. The molecule has 0 atom stereocenters. The number of halogens is 4. The standard InChI is InChI=1S/C22H20ClF3N6O2/c1-4-31-12(2)14(11-28-31)10-27-21(33)19-18(23)20-29-16(13-6-5-7-15(8-13)34-3)9-17(22(24,25)26)32(20)30-19/h5-9,11H,4,10H2,1-3H3,(H,27,33). The van der Waals surface area contributed by atoms with Crippen molar-refractivity contribution >= 4 is 23.2 Å². The summed E-state index contributed by atoms with van der Waals surface area (Å²) in [5, 5.41) is 10.4. The molecule has 0 fully saturated rings. The number of hydrogen-bond acceptors (Lipinski definition) is 5. The Bertz CT molecular complexity index is 1380. The monoisotopic (exact) mass is 492 g/mol. The molecule has 1 amide bonds. The molecule has 0 aliphatic heterocycles. The van der Waals surface area contributed by atoms with Crippen molar-refractivity contribution in [1.82, 2.24) is 29.7 Å². The Morgan fingerprint density at radius 2 is 2.03 bits per heavy atom. The lowest BCUT2D eigenvalue weighted by Crippen LogP contribution is -2.24. The molecule has 178 valence electrons. The number of alkyl halides is 3. The molecule has 0 aliphatic rings. The third kappa shape index (κ3) is 4.30. The summed E-state index contributed by atoms with van der Waals surface area (Å²) in [5.41, 5.74) is 0.278. The normalized spacial score (nSPS) is 11.7. The van der Waals surface area contributed by atoms with Crippen LogP contribution < -0.4 is 10.1 Å². The number of fused-ring (bicyclic) bond motifs is 1. The topological polar surface area (TPSA) is 86.3 Å². The Hall–Kier alpha value is -3.60. The molecule has 4 aromatic rings. The lowest BCUT2D eigenvalue weighted by Gasteiger charge is -2.11. The molecular formula is C22H20ClF3N6O2. The smallest absolute Gasteiger partial charge is 0.433 e. The average Bonchev–Trinajstić information content (AvgIpc) is 3.35. The van der Waals surface area contributed by atoms with E-state index in [1.54, 1.807) is 35.1 Å². The fraction of sp³-hybridized carbons (Fsp3) is 0.273. The molecule has 0 bridgehead atoms. The predicted octanol–water partition coefficient (Wildman–Crippen LogP) is 4.53. The molecule has 0 unspecified atom stereocenters. The van der Waals surface area contributed by atoms with Crippen molar-refractivity contribution < 1.29 is 22.7 Å². The van der Waals surface area contributed by atoms with E-state index in [1.807, 2.05) is 13.8 Å². The number of nitrogens with one attached hydrogen (secondary N) is 1. The van der Waals surface area contributed by atoms with Gasteiger partial charge in [-0.3, -0.25) is 9.48 Å². The van der Waals surface area contributed by atoms with Crippen molar-refractivity contribution in [2.24, 2.45) is 0 Å². The Balaban J connectivity index is 1.75. The highest BCUT2D eigenvalue weighted by Crippen LogP contribution is 2.35. The van der Waals surface area contributed by atoms with E-state index < -0.39 is 17.8 Å². The molecular weight excluding hydrogens is 473 g/mol. The van der Waals surface area contributed by atoms with Crippen LogP contribution >= 0.6 is 11.6 Å². The maximum Gasteiger partial charge on any atom is 0.433 e. The Labute approximate surface area is 197 Å². The summed E-state index contributed by atoms with van der Waals surface area (Å²) in [6.07, 6.45) is -3.15. The predicted molar refractivity (Wildman–Crippen MR) is 119 cm³/mol. The number of methoxy groups -OCH3 is 1. The molecule has 0 radical (unpaired) electrons. The SMILES string of the molecule is CCn1ncc(CNC(=O)c2nn3c(C(F)(F)F)cc(-c4cccc(OC)c4)nc3c2Cl)c1C. The van der Waals surface area contributed by atoms with Gasteiger partial charge < -0.3 is 10.1 Å². The first kappa shape index (κ1) is 23.6. The molecule has 12 heteroatoms. The number of benzene rings is 1. The molecule has 8 nitrogen and oxygen atoms in total. The molecule has 0 spiro atoms. The molecule has 3 heterocycles. The van der Waals surface area contributed by atoms with Crippen LogP contribution in [0.3, 0.4) is 0 Å². The van der Waals surface area contributed by atoms with E-state index in [0.29, 0.717) is 22.4 Å². The second-order valence-electron chi connectivity index (χ2n) is 7.41. The van der Waals surface area contributed by atoms with Crippen molar-refractivity contribution in [3.05, 3.63) is 64.2 Å². The summed E-state index contributed by atoms with van der Waals surface area (Å²) in [5.74, 6) is -0.274. The maximum atomic E-state index is 13.9. The molecule has 0 saturated heterocycles. The Morgan fingerprint density at radius 3 is 2.68 bits per heavy atom. The molecule has 0 aliphatic carbocycles. The first-order valence-corrected chi connectivity index (χ1v) is 10.6. The highest BCUT2D eigenvalue weighted by Gasteiger charge is 2.36. The summed E-state index contributed by atoms with van der Waals surface area (Å²) in [6, 6.07) is 7.29. The van der Waals surface area contributed by atoms with Gasteiger partial charge in [0.15, 0.2) is 17.0 Å². The van der Waals surface area contributed by atoms with Gasteiger partial charge >= 0.3 is 6.18 Å². The van der Waals surface area contributed by atoms with Gasteiger partial charge in [-0.25, -0.2) is 9.50 Å². The van der Waals surface area contributed by atoms with Crippen molar-refractivity contribution in [2.45, 2.75) is 33.1 Å². The maximum absolute atomic E-state index is 13.9. The van der Waals surface area contributed by atoms with Crippen molar-refractivity contribution in [2.75, 3.05) is 7.11 Å². The first-order chi connectivity index (χ1) is 16.1. The number of hydrogen-bond donors (Lipinski definition) is 1. The van der Waals surface area contributed by atoms with Gasteiger partial charge in [-0.05, 0) is 32.0 Å². The number of amides is 1. The van der Waals surface area contributed by atoms with Crippen LogP contribution in [0, 0.1) is 6.92 Å². The molecule has 3 aromatic heterocycles. The average molecular weight is 493 g/mol. The molecule has 1 N–H and O–H groups in total. The zero-order valence-corrected chi connectivity index (χ0v) is 19.2. The second-order valence-corrected chi connectivity index (χ2v) is 7.79. The zero-order chi connectivity index (χ0) is 24.6. The highest BCUT2D eigenvalue weighted by atomic mass is 35.5. The van der Waals surface area contributed by atoms with Gasteiger partial charge in [0.05, 0.1) is 19.0 Å². The largest absolute Gasteiger partial charge is 0.497 e. The van der Waals surface area contributed by atoms with Crippen LogP contribution in [-0.2, 0) is 19.3 Å². The van der Waals surface area contributed by atoms with Gasteiger partial charge in [0.1, 0.15) is 10.8 Å². The van der Waals surface area contributed by atoms with E-state index in [-0.39, 0.29) is 28.6 Å². The quantitative estimate of drug-likeness (QED) is 0.427. The minimum atomic E-state index is -4.77. The summed E-state index contributed by atoms with van der Waals surface area (Å²) < 4.78 is 49.1. The number of ether oxygens (including phenoxy) is 1. The van der Waals surface area contributed by atoms with Crippen LogP contribution in [0.25, 0.3) is 16.9 Å². The van der Waals surface area contributed by atoms with Crippen LogP contribution in [0.2, 0.25) is 5.02 Å². The van der Waals surface area contributed by atoms with E-state index in [4.69, 9.17) is 16.3 Å². The summed E-state index contributed by atoms with van der Waals surface area (Å²) in [4.78, 5) is 17.0. The van der Waals surface area contributed by atoms with Crippen LogP contribution in [0.15, 0.2) is 36.5 Å². The molecule has 34 heavy (non-hydrogen) atoms. The van der Waals surface area contributed by atoms with Gasteiger partial charge in [-0.15, -0.1) is 0 Å². The third-order valence-electron chi connectivity index (χ3n) is 5.35. The fourth-order valence-electron chi connectivity index (χ4n) is 3.51. The van der Waals surface area contributed by atoms with Crippen molar-refractivity contribution in [3.8, 4) is 17.0 Å². The number of rotatable bonds is 6. The van der Waals surface area contributed by atoms with Crippen molar-refractivity contribution in [3.63, 3.8) is 0 Å². The third-order valence-corrected chi connectivity index (χ3v) is 5.70. The summed E-state index contributed by atoms with van der Waals surface area (Å²) in [6.45, 7) is 4.57. The van der Waals surface area contributed by atoms with E-state index in [9.17, 15) is 18.0 Å². The van der Waals surface area contributed by atoms with Crippen LogP contribution in [0.4, 0.5) is 13.2 Å². The van der Waals surface area contributed by atoms with Crippen LogP contribution in [0.5, 0.6) is 5.75 Å². The van der Waals surface area contributed by atoms with E-state index in [2.05, 4.69) is 20.5 Å². The van der Waals surface area contributed by atoms with Gasteiger partial charge in [0.2, 0.25) is 0 Å². The molecule has 1 aromatic carbocycles. The molecule has 4 rings (SSSR count). The van der Waals surface area contributed by atoms with E-state index in [1.165, 1.54) is 7.11 Å². The van der Waals surface area contributed by atoms with Crippen molar-refractivity contribution in [1.29, 1.82) is 0 Å². The van der Waals surface area contributed by atoms with E-state index in [0.717, 1.165) is 17.3 Å². The lowest BCUT2D eigenvalue weighted by atomic mass is 10.1. The number of nitrogens with zero attached hydrogens (tertiary/aromatic N) is 5. The number of carbonyl (C=O) groups is 1. The number of aromatic nitrogens is 5. The fourth-order valence-corrected chi connectivity index (χ4v) is 3.75. The minimum Gasteiger partial charge on any atom is -0.497 e. The summed E-state index contributed by atoms with van der Waals surface area (Å²) in [7, 11) is 1.45. The van der Waals surface area contributed by atoms with Crippen LogP contribution in [0.1, 0.15) is 34.4 Å².